The molecule has 1 aromatic carbocycles. The third-order valence-electron chi connectivity index (χ3n) is 3.79. The van der Waals surface area contributed by atoms with E-state index >= 15 is 0 Å². The Kier molecular flexibility index (Phi) is 6.28. The number of hydrogen-bond acceptors (Lipinski definition) is 5. The molecule has 2 rings (SSSR count). The summed E-state index contributed by atoms with van der Waals surface area (Å²) in [4.78, 5) is 11.6. The first kappa shape index (κ1) is 18.6. The minimum atomic E-state index is -0.837. The van der Waals surface area contributed by atoms with Crippen LogP contribution in [0.1, 0.15) is 33.6 Å². The van der Waals surface area contributed by atoms with Gasteiger partial charge in [0.05, 0.1) is 7.11 Å². The Bertz CT molecular complexity index is 854. The van der Waals surface area contributed by atoms with Gasteiger partial charge in [-0.3, -0.25) is 0 Å². The first-order valence-corrected chi connectivity index (χ1v) is 8.18. The van der Waals surface area contributed by atoms with Crippen LogP contribution < -0.4 is 15.1 Å². The standard InChI is InChI=1S/C20H24O5/c1-13(2)7-5-8-14(3)11-12-24-15-9-6-10-16-17(15)19(23-4)18(21)20(22)25-16/h6-7,9-11,21H,5,8,12H2,1-4H3. The van der Waals surface area contributed by atoms with E-state index in [0.717, 1.165) is 12.8 Å². The highest BCUT2D eigenvalue weighted by atomic mass is 16.5. The molecule has 0 spiro atoms. The number of allylic oxidation sites excluding steroid dienone is 3. The van der Waals surface area contributed by atoms with E-state index in [9.17, 15) is 9.90 Å². The van der Waals surface area contributed by atoms with Crippen molar-refractivity contribution in [1.82, 2.24) is 0 Å². The van der Waals surface area contributed by atoms with Crippen LogP contribution in [-0.2, 0) is 0 Å². The molecule has 0 fully saturated rings. The van der Waals surface area contributed by atoms with Gasteiger partial charge in [-0.2, -0.15) is 0 Å². The van der Waals surface area contributed by atoms with Crippen LogP contribution in [0.15, 0.2) is 50.7 Å². The summed E-state index contributed by atoms with van der Waals surface area (Å²) in [6.45, 7) is 6.62. The molecule has 134 valence electrons. The van der Waals surface area contributed by atoms with Crippen molar-refractivity contribution in [3.8, 4) is 17.2 Å². The van der Waals surface area contributed by atoms with Gasteiger partial charge in [0, 0.05) is 0 Å². The number of fused-ring (bicyclic) bond motifs is 1. The number of rotatable bonds is 7. The Morgan fingerprint density at radius 1 is 1.24 bits per heavy atom. The Morgan fingerprint density at radius 2 is 2.00 bits per heavy atom. The SMILES string of the molecule is COc1c(O)c(=O)oc2cccc(OCC=C(C)CCC=C(C)C)c12. The van der Waals surface area contributed by atoms with Crippen LogP contribution in [0.5, 0.6) is 17.2 Å². The van der Waals surface area contributed by atoms with Crippen LogP contribution in [0.2, 0.25) is 0 Å². The average molecular weight is 344 g/mol. The van der Waals surface area contributed by atoms with Crippen LogP contribution in [0.3, 0.4) is 0 Å². The molecule has 0 aliphatic heterocycles. The summed E-state index contributed by atoms with van der Waals surface area (Å²) in [6.07, 6.45) is 6.20. The monoisotopic (exact) mass is 344 g/mol. The lowest BCUT2D eigenvalue weighted by molar-refractivity contribution is 0.346. The summed E-state index contributed by atoms with van der Waals surface area (Å²) in [6, 6.07) is 5.10. The van der Waals surface area contributed by atoms with Crippen molar-refractivity contribution < 1.29 is 19.0 Å². The third-order valence-corrected chi connectivity index (χ3v) is 3.79. The minimum Gasteiger partial charge on any atom is -0.499 e. The zero-order valence-electron chi connectivity index (χ0n) is 15.1. The van der Waals surface area contributed by atoms with Crippen LogP contribution in [0, 0.1) is 0 Å². The second kappa shape index (κ2) is 8.42. The summed E-state index contributed by atoms with van der Waals surface area (Å²) in [5.74, 6) is -0.00708. The van der Waals surface area contributed by atoms with Gasteiger partial charge in [-0.05, 0) is 51.8 Å². The molecule has 0 saturated carbocycles. The highest BCUT2D eigenvalue weighted by Crippen LogP contribution is 2.37. The topological polar surface area (TPSA) is 68.9 Å². The smallest absolute Gasteiger partial charge is 0.382 e. The first-order chi connectivity index (χ1) is 11.9. The second-order valence-electron chi connectivity index (χ2n) is 6.08. The van der Waals surface area contributed by atoms with Gasteiger partial charge >= 0.3 is 5.63 Å². The van der Waals surface area contributed by atoms with Crippen molar-refractivity contribution in [2.24, 2.45) is 0 Å². The van der Waals surface area contributed by atoms with E-state index in [2.05, 4.69) is 26.8 Å². The normalized spacial score (nSPS) is 11.4. The lowest BCUT2D eigenvalue weighted by Gasteiger charge is -2.11. The molecule has 0 bridgehead atoms. The van der Waals surface area contributed by atoms with Gasteiger partial charge < -0.3 is 19.0 Å². The van der Waals surface area contributed by atoms with E-state index in [1.165, 1.54) is 18.3 Å². The van der Waals surface area contributed by atoms with Crippen molar-refractivity contribution in [2.75, 3.05) is 13.7 Å². The van der Waals surface area contributed by atoms with E-state index in [0.29, 0.717) is 23.3 Å². The number of methoxy groups -OCH3 is 1. The Hall–Kier alpha value is -2.69. The maximum Gasteiger partial charge on any atom is 0.382 e. The van der Waals surface area contributed by atoms with Crippen molar-refractivity contribution in [2.45, 2.75) is 33.6 Å². The molecule has 0 radical (unpaired) electrons. The molecule has 5 heteroatoms. The van der Waals surface area contributed by atoms with Gasteiger partial charge in [0.2, 0.25) is 5.75 Å². The van der Waals surface area contributed by atoms with Crippen molar-refractivity contribution in [3.63, 3.8) is 0 Å². The number of aromatic hydroxyl groups is 1. The average Bonchev–Trinajstić information content (AvgIpc) is 2.56. The van der Waals surface area contributed by atoms with Crippen molar-refractivity contribution >= 4 is 11.0 Å². The molecule has 1 heterocycles. The summed E-state index contributed by atoms with van der Waals surface area (Å²) < 4.78 is 16.1. The number of hydrogen-bond donors (Lipinski definition) is 1. The number of ether oxygens (including phenoxy) is 2. The molecule has 25 heavy (non-hydrogen) atoms. The predicted octanol–water partition coefficient (Wildman–Crippen LogP) is 4.58. The quantitative estimate of drug-likeness (QED) is 0.588. The van der Waals surface area contributed by atoms with E-state index in [-0.39, 0.29) is 5.75 Å². The van der Waals surface area contributed by atoms with Gasteiger partial charge in [-0.15, -0.1) is 0 Å². The van der Waals surface area contributed by atoms with Crippen LogP contribution in [-0.4, -0.2) is 18.8 Å². The molecule has 0 aliphatic rings. The summed E-state index contributed by atoms with van der Waals surface area (Å²) in [5, 5.41) is 10.3. The molecule has 2 aromatic rings. The van der Waals surface area contributed by atoms with E-state index in [4.69, 9.17) is 13.9 Å². The fourth-order valence-corrected chi connectivity index (χ4v) is 2.46. The van der Waals surface area contributed by atoms with Gasteiger partial charge in [0.25, 0.3) is 0 Å². The lowest BCUT2D eigenvalue weighted by Crippen LogP contribution is -2.03. The molecule has 0 atom stereocenters. The van der Waals surface area contributed by atoms with Crippen LogP contribution in [0.25, 0.3) is 11.0 Å². The Morgan fingerprint density at radius 3 is 2.68 bits per heavy atom. The maximum absolute atomic E-state index is 11.6. The Balaban J connectivity index is 2.20. The Labute approximate surface area is 147 Å². The first-order valence-electron chi connectivity index (χ1n) is 8.18. The summed E-state index contributed by atoms with van der Waals surface area (Å²) in [7, 11) is 1.39. The van der Waals surface area contributed by atoms with Crippen LogP contribution in [0.4, 0.5) is 0 Å². The lowest BCUT2D eigenvalue weighted by atomic mass is 10.1. The molecule has 5 nitrogen and oxygen atoms in total. The van der Waals surface area contributed by atoms with E-state index in [1.54, 1.807) is 18.2 Å². The maximum atomic E-state index is 11.6. The molecule has 0 aliphatic carbocycles. The molecule has 0 saturated heterocycles. The highest BCUT2D eigenvalue weighted by Gasteiger charge is 2.18. The third kappa shape index (κ3) is 4.66. The largest absolute Gasteiger partial charge is 0.499 e. The molecule has 0 unspecified atom stereocenters. The highest BCUT2D eigenvalue weighted by molar-refractivity contribution is 5.91. The summed E-state index contributed by atoms with van der Waals surface area (Å²) in [5.41, 5.74) is 2.02. The summed E-state index contributed by atoms with van der Waals surface area (Å²) >= 11 is 0. The van der Waals surface area contributed by atoms with Gasteiger partial charge in [-0.25, -0.2) is 4.79 Å². The zero-order chi connectivity index (χ0) is 18.4. The van der Waals surface area contributed by atoms with E-state index in [1.807, 2.05) is 6.08 Å². The van der Waals surface area contributed by atoms with Crippen molar-refractivity contribution in [3.05, 3.63) is 51.9 Å². The molecular weight excluding hydrogens is 320 g/mol. The van der Waals surface area contributed by atoms with Gasteiger partial charge in [0.15, 0.2) is 5.75 Å². The van der Waals surface area contributed by atoms with Crippen molar-refractivity contribution in [1.29, 1.82) is 0 Å². The van der Waals surface area contributed by atoms with Gasteiger partial charge in [-0.1, -0.05) is 23.3 Å². The number of benzene rings is 1. The molecular formula is C20H24O5. The van der Waals surface area contributed by atoms with E-state index < -0.39 is 11.4 Å². The fraction of sp³-hybridized carbons (Fsp3) is 0.350. The molecule has 1 aromatic heterocycles. The zero-order valence-corrected chi connectivity index (χ0v) is 15.1. The van der Waals surface area contributed by atoms with Crippen LogP contribution >= 0.6 is 0 Å². The minimum absolute atomic E-state index is 0.0612. The molecule has 0 amide bonds. The van der Waals surface area contributed by atoms with Gasteiger partial charge in [0.1, 0.15) is 23.3 Å². The predicted molar refractivity (Wildman–Crippen MR) is 98.6 cm³/mol. The second-order valence-corrected chi connectivity index (χ2v) is 6.08. The molecule has 1 N–H and O–H groups in total. The fourth-order valence-electron chi connectivity index (χ4n) is 2.46.